The van der Waals surface area contributed by atoms with Gasteiger partial charge in [-0.1, -0.05) is 0 Å². The summed E-state index contributed by atoms with van der Waals surface area (Å²) in [6.45, 7) is 3.07. The Balaban J connectivity index is 2.05. The summed E-state index contributed by atoms with van der Waals surface area (Å²) in [4.78, 5) is 7.84. The molecule has 0 aliphatic carbocycles. The Bertz CT molecular complexity index is 873. The number of hydrogen-bond donors (Lipinski definition) is 2. The van der Waals surface area contributed by atoms with Crippen molar-refractivity contribution in [3.05, 3.63) is 53.5 Å². The number of aromatic nitrogens is 1. The van der Waals surface area contributed by atoms with Crippen molar-refractivity contribution in [1.29, 1.82) is 0 Å². The maximum Gasteiger partial charge on any atom is 0.419 e. The van der Waals surface area contributed by atoms with Crippen LogP contribution in [0.1, 0.15) is 25.0 Å². The van der Waals surface area contributed by atoms with Gasteiger partial charge in [-0.25, -0.2) is 9.37 Å². The predicted octanol–water partition coefficient (Wildman–Crippen LogP) is 3.56. The van der Waals surface area contributed by atoms with Crippen molar-refractivity contribution in [3.8, 4) is 5.88 Å². The van der Waals surface area contributed by atoms with Crippen molar-refractivity contribution in [1.82, 2.24) is 4.98 Å². The number of nitrogens with two attached hydrogens (primary N) is 1. The molecule has 2 aromatic rings. The van der Waals surface area contributed by atoms with E-state index in [0.29, 0.717) is 17.7 Å². The molecule has 2 rings (SSSR count). The lowest BCUT2D eigenvalue weighted by Crippen LogP contribution is -2.17. The summed E-state index contributed by atoms with van der Waals surface area (Å²) in [6, 6.07) is 5.52. The number of aliphatic hydroxyl groups is 1. The molecule has 1 aromatic heterocycles. The van der Waals surface area contributed by atoms with Gasteiger partial charge in [0.15, 0.2) is 0 Å². The van der Waals surface area contributed by atoms with Gasteiger partial charge in [0.1, 0.15) is 18.1 Å². The fourth-order valence-corrected chi connectivity index (χ4v) is 2.04. The van der Waals surface area contributed by atoms with Gasteiger partial charge in [0.25, 0.3) is 0 Å². The third kappa shape index (κ3) is 5.74. The molecule has 0 radical (unpaired) electrons. The summed E-state index contributed by atoms with van der Waals surface area (Å²) < 4.78 is 56.8. The number of benzene rings is 1. The van der Waals surface area contributed by atoms with Crippen LogP contribution in [-0.2, 0) is 11.8 Å². The molecule has 150 valence electrons. The smallest absolute Gasteiger partial charge is 0.419 e. The number of hydrazone groups is 1. The zero-order chi connectivity index (χ0) is 20.9. The molecule has 0 atom stereocenters. The summed E-state index contributed by atoms with van der Waals surface area (Å²) in [5.41, 5.74) is -1.88. The minimum atomic E-state index is -4.83. The Morgan fingerprint density at radius 3 is 2.50 bits per heavy atom. The number of pyridine rings is 1. The summed E-state index contributed by atoms with van der Waals surface area (Å²) in [7, 11) is 0. The second kappa shape index (κ2) is 8.34. The van der Waals surface area contributed by atoms with Crippen LogP contribution in [0.5, 0.6) is 5.88 Å². The van der Waals surface area contributed by atoms with E-state index >= 15 is 0 Å². The quantitative estimate of drug-likeness (QED) is 0.337. The number of ether oxygens (including phenoxy) is 1. The normalized spacial score (nSPS) is 13.2. The lowest BCUT2D eigenvalue weighted by Gasteiger charge is -2.17. The van der Waals surface area contributed by atoms with Crippen molar-refractivity contribution >= 4 is 17.6 Å². The number of aliphatic imine (C=N–C) groups is 1. The zero-order valence-corrected chi connectivity index (χ0v) is 15.0. The van der Waals surface area contributed by atoms with E-state index in [4.69, 9.17) is 10.6 Å². The maximum atomic E-state index is 13.3. The molecule has 0 aliphatic rings. The molecule has 3 N–H and O–H groups in total. The first-order valence-electron chi connectivity index (χ1n) is 8.00. The Morgan fingerprint density at radius 1 is 1.25 bits per heavy atom. The molecule has 0 spiro atoms. The van der Waals surface area contributed by atoms with E-state index in [9.17, 15) is 22.7 Å². The van der Waals surface area contributed by atoms with E-state index in [-0.39, 0.29) is 23.9 Å². The largest absolute Gasteiger partial charge is 0.471 e. The topological polar surface area (TPSA) is 93.1 Å². The third-order valence-corrected chi connectivity index (χ3v) is 3.59. The fraction of sp³-hybridized carbons (Fsp3) is 0.278. The summed E-state index contributed by atoms with van der Waals surface area (Å²) in [5.74, 6) is 4.07. The summed E-state index contributed by atoms with van der Waals surface area (Å²) in [5, 5.41) is 13.3. The van der Waals surface area contributed by atoms with Gasteiger partial charge in [0, 0.05) is 17.8 Å². The lowest BCUT2D eigenvalue weighted by atomic mass is 10.0. The Morgan fingerprint density at radius 2 is 1.96 bits per heavy atom. The molecule has 0 aliphatic heterocycles. The predicted molar refractivity (Wildman–Crippen MR) is 96.2 cm³/mol. The molecule has 6 nitrogen and oxygen atoms in total. The van der Waals surface area contributed by atoms with Crippen molar-refractivity contribution < 1.29 is 27.4 Å². The highest BCUT2D eigenvalue weighted by molar-refractivity contribution is 6.31. The van der Waals surface area contributed by atoms with Crippen molar-refractivity contribution in [2.24, 2.45) is 15.9 Å². The highest BCUT2D eigenvalue weighted by Gasteiger charge is 2.34. The van der Waals surface area contributed by atoms with Gasteiger partial charge >= 0.3 is 6.18 Å². The van der Waals surface area contributed by atoms with Gasteiger partial charge in [-0.05, 0) is 38.1 Å². The fourth-order valence-electron chi connectivity index (χ4n) is 2.04. The van der Waals surface area contributed by atoms with Crippen molar-refractivity contribution in [2.45, 2.75) is 25.6 Å². The molecule has 1 aromatic carbocycles. The molecular weight excluding hydrogens is 380 g/mol. The Labute approximate surface area is 158 Å². The van der Waals surface area contributed by atoms with E-state index < -0.39 is 23.2 Å². The lowest BCUT2D eigenvalue weighted by molar-refractivity contribution is -0.139. The minimum absolute atomic E-state index is 0.117. The van der Waals surface area contributed by atoms with E-state index in [1.54, 1.807) is 19.9 Å². The van der Waals surface area contributed by atoms with Crippen molar-refractivity contribution in [2.75, 3.05) is 6.61 Å². The molecule has 0 saturated carbocycles. The van der Waals surface area contributed by atoms with E-state index in [2.05, 4.69) is 15.1 Å². The molecule has 10 heteroatoms. The summed E-state index contributed by atoms with van der Waals surface area (Å²) >= 11 is 0. The molecule has 1 heterocycles. The molecule has 0 unspecified atom stereocenters. The van der Waals surface area contributed by atoms with Crippen LogP contribution in [0.25, 0.3) is 0 Å². The van der Waals surface area contributed by atoms with Gasteiger partial charge in [0.2, 0.25) is 5.88 Å². The van der Waals surface area contributed by atoms with Crippen LogP contribution in [0.3, 0.4) is 0 Å². The molecule has 0 bridgehead atoms. The van der Waals surface area contributed by atoms with Gasteiger partial charge in [0.05, 0.1) is 23.1 Å². The average Bonchev–Trinajstić information content (AvgIpc) is 2.61. The first-order valence-corrected chi connectivity index (χ1v) is 8.00. The molecular formula is C18H18F4N4O2. The molecule has 0 amide bonds. The van der Waals surface area contributed by atoms with Crippen LogP contribution >= 0.6 is 0 Å². The maximum absolute atomic E-state index is 13.3. The standard InChI is InChI=1S/C18H18F4N4O2/c1-17(2,27)11-3-6-16(25-8-11)28-10-13(26-23)9-24-12-4-5-15(19)14(7-12)18(20,21)22/h3-9,27H,10,23H2,1-2H3. The monoisotopic (exact) mass is 398 g/mol. The number of hydrogen-bond acceptors (Lipinski definition) is 6. The van der Waals surface area contributed by atoms with Gasteiger partial charge < -0.3 is 15.7 Å². The highest BCUT2D eigenvalue weighted by atomic mass is 19.4. The van der Waals surface area contributed by atoms with Crippen molar-refractivity contribution in [3.63, 3.8) is 0 Å². The number of nitrogens with zero attached hydrogens (tertiary/aromatic N) is 3. The SMILES string of the molecule is CC(C)(O)c1ccc(OCC(C=Nc2ccc(F)c(C(F)(F)F)c2)=NN)nc1. The first kappa shape index (κ1) is 21.3. The number of halogens is 4. The van der Waals surface area contributed by atoms with Crippen LogP contribution < -0.4 is 10.6 Å². The van der Waals surface area contributed by atoms with Crippen LogP contribution in [0.15, 0.2) is 46.6 Å². The Kier molecular flexibility index (Phi) is 6.34. The van der Waals surface area contributed by atoms with Gasteiger partial charge in [-0.15, -0.1) is 0 Å². The first-order chi connectivity index (χ1) is 13.0. The molecule has 0 saturated heterocycles. The number of rotatable bonds is 6. The summed E-state index contributed by atoms with van der Waals surface area (Å²) in [6.07, 6.45) is -2.27. The average molecular weight is 398 g/mol. The molecule has 0 fully saturated rings. The Hall–Kier alpha value is -3.01. The van der Waals surface area contributed by atoms with Gasteiger partial charge in [-0.3, -0.25) is 4.99 Å². The minimum Gasteiger partial charge on any atom is -0.471 e. The van der Waals surface area contributed by atoms with Gasteiger partial charge in [-0.2, -0.15) is 18.3 Å². The number of alkyl halides is 3. The van der Waals surface area contributed by atoms with Crippen LogP contribution in [0, 0.1) is 5.82 Å². The van der Waals surface area contributed by atoms with E-state index in [1.807, 2.05) is 0 Å². The molecule has 28 heavy (non-hydrogen) atoms. The van der Waals surface area contributed by atoms with E-state index in [1.165, 1.54) is 12.3 Å². The van der Waals surface area contributed by atoms with Crippen LogP contribution in [-0.4, -0.2) is 28.6 Å². The van der Waals surface area contributed by atoms with Crippen LogP contribution in [0.2, 0.25) is 0 Å². The second-order valence-corrected chi connectivity index (χ2v) is 6.27. The second-order valence-electron chi connectivity index (χ2n) is 6.27. The zero-order valence-electron chi connectivity index (χ0n) is 15.0. The third-order valence-electron chi connectivity index (χ3n) is 3.59. The van der Waals surface area contributed by atoms with Crippen LogP contribution in [0.4, 0.5) is 23.2 Å². The highest BCUT2D eigenvalue weighted by Crippen LogP contribution is 2.33. The van der Waals surface area contributed by atoms with E-state index in [0.717, 1.165) is 12.3 Å².